The first-order valence-electron chi connectivity index (χ1n) is 8.90. The number of hydrogen-bond donors (Lipinski definition) is 4. The normalized spacial score (nSPS) is 10.7. The number of nitrogens with two attached hydrogens (primary N) is 1. The Morgan fingerprint density at radius 3 is 2.76 bits per heavy atom. The molecular formula is C19H22N6O3S. The number of rotatable bonds is 7. The molecule has 0 spiro atoms. The van der Waals surface area contributed by atoms with E-state index >= 15 is 0 Å². The standard InChI is InChI=1S/C19H22N6O3S/c1-10-4-5-13(26)12(3)17(10)23-18(28)14-9-21-19(29-14)22-16-8-11(2)25(24-16)7-6-15(20)27/h4-5,8-9,26H,6-7H2,1-3H3,(H2,20,27)(H,23,28)(H,21,22,24). The van der Waals surface area contributed by atoms with Gasteiger partial charge in [0.1, 0.15) is 10.6 Å². The molecule has 0 radical (unpaired) electrons. The molecule has 0 unspecified atom stereocenters. The molecule has 2 aromatic heterocycles. The smallest absolute Gasteiger partial charge is 0.267 e. The molecule has 152 valence electrons. The third-order valence-electron chi connectivity index (χ3n) is 4.40. The van der Waals surface area contributed by atoms with E-state index in [0.29, 0.717) is 33.6 Å². The SMILES string of the molecule is Cc1ccc(O)c(C)c1NC(=O)c1cnc(Nc2cc(C)n(CCC(N)=O)n2)s1. The minimum atomic E-state index is -0.387. The monoisotopic (exact) mass is 414 g/mol. The molecule has 1 aromatic carbocycles. The number of primary amides is 1. The number of nitrogens with one attached hydrogen (secondary N) is 2. The van der Waals surface area contributed by atoms with E-state index in [0.717, 1.165) is 11.3 Å². The second-order valence-electron chi connectivity index (χ2n) is 6.62. The molecule has 9 nitrogen and oxygen atoms in total. The third-order valence-corrected chi connectivity index (χ3v) is 5.31. The lowest BCUT2D eigenvalue weighted by Crippen LogP contribution is -2.15. The fourth-order valence-corrected chi connectivity index (χ4v) is 3.48. The summed E-state index contributed by atoms with van der Waals surface area (Å²) in [5.41, 5.74) is 8.10. The number of carbonyl (C=O) groups excluding carboxylic acids is 2. The molecule has 0 saturated carbocycles. The van der Waals surface area contributed by atoms with Crippen LogP contribution in [-0.2, 0) is 11.3 Å². The van der Waals surface area contributed by atoms with Gasteiger partial charge in [-0.2, -0.15) is 5.10 Å². The van der Waals surface area contributed by atoms with Crippen LogP contribution >= 0.6 is 11.3 Å². The summed E-state index contributed by atoms with van der Waals surface area (Å²) in [6.07, 6.45) is 1.68. The Bertz CT molecular complexity index is 1070. The van der Waals surface area contributed by atoms with Gasteiger partial charge in [0.25, 0.3) is 5.91 Å². The van der Waals surface area contributed by atoms with Gasteiger partial charge in [-0.1, -0.05) is 17.4 Å². The van der Waals surface area contributed by atoms with Crippen molar-refractivity contribution in [3.8, 4) is 5.75 Å². The molecular weight excluding hydrogens is 392 g/mol. The highest BCUT2D eigenvalue weighted by atomic mass is 32.1. The lowest BCUT2D eigenvalue weighted by atomic mass is 10.1. The lowest BCUT2D eigenvalue weighted by Gasteiger charge is -2.11. The highest BCUT2D eigenvalue weighted by molar-refractivity contribution is 7.17. The third kappa shape index (κ3) is 4.72. The fraction of sp³-hybridized carbons (Fsp3) is 0.263. The molecule has 0 aliphatic rings. The van der Waals surface area contributed by atoms with Crippen LogP contribution in [-0.4, -0.2) is 31.7 Å². The molecule has 5 N–H and O–H groups in total. The molecule has 0 aliphatic heterocycles. The van der Waals surface area contributed by atoms with Crippen molar-refractivity contribution in [1.82, 2.24) is 14.8 Å². The largest absolute Gasteiger partial charge is 0.508 e. The topological polar surface area (TPSA) is 135 Å². The van der Waals surface area contributed by atoms with Crippen LogP contribution < -0.4 is 16.4 Å². The van der Waals surface area contributed by atoms with Crippen molar-refractivity contribution in [3.05, 3.63) is 46.1 Å². The van der Waals surface area contributed by atoms with E-state index in [-0.39, 0.29) is 24.0 Å². The Balaban J connectivity index is 1.70. The van der Waals surface area contributed by atoms with Crippen LogP contribution in [0.4, 0.5) is 16.6 Å². The minimum Gasteiger partial charge on any atom is -0.508 e. The first-order chi connectivity index (χ1) is 13.7. The van der Waals surface area contributed by atoms with E-state index in [2.05, 4.69) is 20.7 Å². The van der Waals surface area contributed by atoms with Crippen molar-refractivity contribution in [3.63, 3.8) is 0 Å². The number of phenols is 1. The van der Waals surface area contributed by atoms with E-state index < -0.39 is 0 Å². The summed E-state index contributed by atoms with van der Waals surface area (Å²) in [5, 5.41) is 20.6. The van der Waals surface area contributed by atoms with Crippen LogP contribution in [0.25, 0.3) is 0 Å². The van der Waals surface area contributed by atoms with Gasteiger partial charge < -0.3 is 21.5 Å². The Hall–Kier alpha value is -3.40. The zero-order valence-electron chi connectivity index (χ0n) is 16.3. The Labute approximate surface area is 171 Å². The van der Waals surface area contributed by atoms with Gasteiger partial charge in [0.2, 0.25) is 5.91 Å². The number of aromatic nitrogens is 3. The number of hydrogen-bond acceptors (Lipinski definition) is 7. The molecule has 0 fully saturated rings. The summed E-state index contributed by atoms with van der Waals surface area (Å²) in [6.45, 7) is 5.88. The quantitative estimate of drug-likeness (QED) is 0.469. The Kier molecular flexibility index (Phi) is 5.83. The maximum Gasteiger partial charge on any atom is 0.267 e. The predicted molar refractivity (Wildman–Crippen MR) is 112 cm³/mol. The Morgan fingerprint density at radius 1 is 1.28 bits per heavy atom. The molecule has 3 aromatic rings. The van der Waals surface area contributed by atoms with Crippen molar-refractivity contribution in [1.29, 1.82) is 0 Å². The van der Waals surface area contributed by atoms with Crippen molar-refractivity contribution < 1.29 is 14.7 Å². The molecule has 0 atom stereocenters. The van der Waals surface area contributed by atoms with Gasteiger partial charge in [-0.05, 0) is 32.4 Å². The highest BCUT2D eigenvalue weighted by Crippen LogP contribution is 2.29. The average Bonchev–Trinajstić information content (AvgIpc) is 3.27. The first-order valence-corrected chi connectivity index (χ1v) is 9.72. The number of benzene rings is 1. The maximum absolute atomic E-state index is 12.6. The van der Waals surface area contributed by atoms with Crippen LogP contribution in [0, 0.1) is 20.8 Å². The summed E-state index contributed by atoms with van der Waals surface area (Å²) < 4.78 is 1.68. The van der Waals surface area contributed by atoms with Crippen LogP contribution in [0.3, 0.4) is 0 Å². The van der Waals surface area contributed by atoms with Crippen molar-refractivity contribution in [2.45, 2.75) is 33.7 Å². The van der Waals surface area contributed by atoms with Crippen molar-refractivity contribution >= 4 is 39.8 Å². The van der Waals surface area contributed by atoms with Gasteiger partial charge in [-0.25, -0.2) is 4.98 Å². The molecule has 2 amide bonds. The van der Waals surface area contributed by atoms with E-state index in [1.165, 1.54) is 17.5 Å². The number of thiazole rings is 1. The van der Waals surface area contributed by atoms with Gasteiger partial charge in [-0.15, -0.1) is 0 Å². The van der Waals surface area contributed by atoms with Crippen molar-refractivity contribution in [2.24, 2.45) is 5.73 Å². The summed E-state index contributed by atoms with van der Waals surface area (Å²) in [4.78, 5) is 28.2. The van der Waals surface area contributed by atoms with Crippen LogP contribution in [0.1, 0.15) is 32.9 Å². The van der Waals surface area contributed by atoms with Gasteiger partial charge in [-0.3, -0.25) is 14.3 Å². The number of carbonyl (C=O) groups is 2. The number of phenolic OH excluding ortho intramolecular Hbond substituents is 1. The van der Waals surface area contributed by atoms with Gasteiger partial charge in [0, 0.05) is 23.7 Å². The van der Waals surface area contributed by atoms with E-state index in [1.54, 1.807) is 23.7 Å². The van der Waals surface area contributed by atoms with Crippen molar-refractivity contribution in [2.75, 3.05) is 10.6 Å². The number of aromatic hydroxyl groups is 1. The van der Waals surface area contributed by atoms with Crippen LogP contribution in [0.2, 0.25) is 0 Å². The van der Waals surface area contributed by atoms with E-state index in [4.69, 9.17) is 5.73 Å². The molecule has 0 saturated heterocycles. The molecule has 29 heavy (non-hydrogen) atoms. The van der Waals surface area contributed by atoms with Gasteiger partial charge >= 0.3 is 0 Å². The second-order valence-corrected chi connectivity index (χ2v) is 7.65. The number of amides is 2. The minimum absolute atomic E-state index is 0.125. The Morgan fingerprint density at radius 2 is 2.03 bits per heavy atom. The maximum atomic E-state index is 12.6. The zero-order valence-corrected chi connectivity index (χ0v) is 17.1. The predicted octanol–water partition coefficient (Wildman–Crippen LogP) is 2.84. The van der Waals surface area contributed by atoms with E-state index in [1.807, 2.05) is 19.9 Å². The van der Waals surface area contributed by atoms with Crippen LogP contribution in [0.5, 0.6) is 5.75 Å². The zero-order chi connectivity index (χ0) is 21.1. The summed E-state index contributed by atoms with van der Waals surface area (Å²) in [5.74, 6) is -0.00878. The molecule has 0 bridgehead atoms. The molecule has 3 rings (SSSR count). The van der Waals surface area contributed by atoms with Gasteiger partial charge in [0.05, 0.1) is 18.4 Å². The highest BCUT2D eigenvalue weighted by Gasteiger charge is 2.15. The second kappa shape index (κ2) is 8.31. The molecule has 2 heterocycles. The summed E-state index contributed by atoms with van der Waals surface area (Å²) in [7, 11) is 0. The fourth-order valence-electron chi connectivity index (χ4n) is 2.76. The summed E-state index contributed by atoms with van der Waals surface area (Å²) in [6, 6.07) is 5.16. The number of aryl methyl sites for hydroxylation is 3. The molecule has 0 aliphatic carbocycles. The van der Waals surface area contributed by atoms with E-state index in [9.17, 15) is 14.7 Å². The number of nitrogens with zero attached hydrogens (tertiary/aromatic N) is 3. The van der Waals surface area contributed by atoms with Crippen LogP contribution in [0.15, 0.2) is 24.4 Å². The average molecular weight is 414 g/mol. The summed E-state index contributed by atoms with van der Waals surface area (Å²) >= 11 is 1.18. The first kappa shape index (κ1) is 20.3. The lowest BCUT2D eigenvalue weighted by molar-refractivity contribution is -0.118. The molecule has 10 heteroatoms. The number of anilines is 3. The van der Waals surface area contributed by atoms with Gasteiger partial charge in [0.15, 0.2) is 10.9 Å².